The fourth-order valence-corrected chi connectivity index (χ4v) is 3.03. The summed E-state index contributed by atoms with van der Waals surface area (Å²) >= 11 is 0. The maximum atomic E-state index is 11.3. The highest BCUT2D eigenvalue weighted by atomic mass is 32.2. The zero-order valence-electron chi connectivity index (χ0n) is 12.2. The standard InChI is InChI=1S/C15H18N2O4S/c1-15(14(18)19,11-22(20)21)7-8-17-10-13(9-16-17)12-5-3-2-4-6-12/h2-6,9-10,22H,7-8,11H2,1H3,(H,18,19)/t15-/m0/s1. The fourth-order valence-electron chi connectivity index (χ4n) is 2.17. The third-order valence-electron chi connectivity index (χ3n) is 3.63. The summed E-state index contributed by atoms with van der Waals surface area (Å²) in [4.78, 5) is 11.3. The van der Waals surface area contributed by atoms with Crippen LogP contribution in [0.5, 0.6) is 0 Å². The Balaban J connectivity index is 2.08. The maximum absolute atomic E-state index is 11.3. The van der Waals surface area contributed by atoms with Crippen molar-refractivity contribution in [3.05, 3.63) is 42.7 Å². The molecule has 0 bridgehead atoms. The van der Waals surface area contributed by atoms with Crippen LogP contribution in [0.4, 0.5) is 0 Å². The van der Waals surface area contributed by atoms with Crippen LogP contribution in [0.25, 0.3) is 11.1 Å². The number of benzene rings is 1. The maximum Gasteiger partial charge on any atom is 0.310 e. The van der Waals surface area contributed by atoms with Gasteiger partial charge < -0.3 is 5.11 Å². The molecule has 1 aromatic carbocycles. The first-order valence-electron chi connectivity index (χ1n) is 6.84. The molecule has 0 aliphatic rings. The molecule has 0 radical (unpaired) electrons. The Morgan fingerprint density at radius 3 is 2.55 bits per heavy atom. The predicted octanol–water partition coefficient (Wildman–Crippen LogP) is 1.64. The van der Waals surface area contributed by atoms with Crippen molar-refractivity contribution >= 4 is 16.7 Å². The van der Waals surface area contributed by atoms with E-state index in [0.29, 0.717) is 6.54 Å². The molecule has 1 N–H and O–H groups in total. The van der Waals surface area contributed by atoms with Gasteiger partial charge in [-0.15, -0.1) is 0 Å². The highest BCUT2D eigenvalue weighted by molar-refractivity contribution is 7.72. The molecule has 118 valence electrons. The number of carboxylic acids is 1. The summed E-state index contributed by atoms with van der Waals surface area (Å²) in [5.41, 5.74) is 0.665. The van der Waals surface area contributed by atoms with Gasteiger partial charge in [-0.1, -0.05) is 30.3 Å². The van der Waals surface area contributed by atoms with Crippen LogP contribution < -0.4 is 0 Å². The molecule has 0 aliphatic carbocycles. The molecule has 2 rings (SSSR count). The molecule has 1 heterocycles. The van der Waals surface area contributed by atoms with E-state index in [9.17, 15) is 18.3 Å². The summed E-state index contributed by atoms with van der Waals surface area (Å²) in [6.45, 7) is 1.79. The number of carboxylic acid groups (broad SMARTS) is 1. The third-order valence-corrected chi connectivity index (χ3v) is 4.58. The molecule has 0 aliphatic heterocycles. The van der Waals surface area contributed by atoms with E-state index in [-0.39, 0.29) is 12.2 Å². The monoisotopic (exact) mass is 322 g/mol. The van der Waals surface area contributed by atoms with E-state index in [1.54, 1.807) is 10.9 Å². The van der Waals surface area contributed by atoms with Gasteiger partial charge in [0.05, 0.1) is 17.4 Å². The van der Waals surface area contributed by atoms with Gasteiger partial charge in [0.25, 0.3) is 0 Å². The highest BCUT2D eigenvalue weighted by Crippen LogP contribution is 2.24. The molecule has 6 nitrogen and oxygen atoms in total. The fraction of sp³-hybridized carbons (Fsp3) is 0.333. The van der Waals surface area contributed by atoms with Crippen molar-refractivity contribution < 1.29 is 18.3 Å². The van der Waals surface area contributed by atoms with Crippen LogP contribution >= 0.6 is 0 Å². The Morgan fingerprint density at radius 1 is 1.27 bits per heavy atom. The quantitative estimate of drug-likeness (QED) is 0.757. The Morgan fingerprint density at radius 2 is 1.95 bits per heavy atom. The summed E-state index contributed by atoms with van der Waals surface area (Å²) in [5.74, 6) is -1.48. The lowest BCUT2D eigenvalue weighted by atomic mass is 9.89. The van der Waals surface area contributed by atoms with Crippen molar-refractivity contribution in [1.82, 2.24) is 9.78 Å². The van der Waals surface area contributed by atoms with E-state index in [2.05, 4.69) is 5.10 Å². The summed E-state index contributed by atoms with van der Waals surface area (Å²) < 4.78 is 23.4. The minimum atomic E-state index is -2.74. The minimum absolute atomic E-state index is 0.196. The van der Waals surface area contributed by atoms with E-state index in [1.165, 1.54) is 6.92 Å². The minimum Gasteiger partial charge on any atom is -0.481 e. The van der Waals surface area contributed by atoms with Crippen LogP contribution in [0.1, 0.15) is 13.3 Å². The summed E-state index contributed by atoms with van der Waals surface area (Å²) in [6.07, 6.45) is 3.73. The first-order chi connectivity index (χ1) is 10.4. The van der Waals surface area contributed by atoms with Gasteiger partial charge in [0.15, 0.2) is 0 Å². The molecule has 0 fully saturated rings. The van der Waals surface area contributed by atoms with Crippen LogP contribution in [-0.2, 0) is 22.0 Å². The van der Waals surface area contributed by atoms with Gasteiger partial charge in [0, 0.05) is 18.3 Å². The molecule has 0 saturated carbocycles. The van der Waals surface area contributed by atoms with Crippen molar-refractivity contribution in [2.24, 2.45) is 5.41 Å². The van der Waals surface area contributed by atoms with Crippen molar-refractivity contribution in [2.45, 2.75) is 19.9 Å². The lowest BCUT2D eigenvalue weighted by molar-refractivity contribution is -0.147. The van der Waals surface area contributed by atoms with Gasteiger partial charge in [-0.25, -0.2) is 8.42 Å². The second-order valence-electron chi connectivity index (χ2n) is 5.46. The van der Waals surface area contributed by atoms with Gasteiger partial charge >= 0.3 is 5.97 Å². The molecule has 0 saturated heterocycles. The molecule has 1 aromatic heterocycles. The number of aryl methyl sites for hydroxylation is 1. The van der Waals surface area contributed by atoms with Gasteiger partial charge in [-0.2, -0.15) is 5.10 Å². The first-order valence-corrected chi connectivity index (χ1v) is 8.20. The second kappa shape index (κ2) is 6.74. The largest absolute Gasteiger partial charge is 0.481 e. The smallest absolute Gasteiger partial charge is 0.310 e. The number of nitrogens with zero attached hydrogens (tertiary/aromatic N) is 2. The molecule has 22 heavy (non-hydrogen) atoms. The second-order valence-corrected chi connectivity index (χ2v) is 6.45. The van der Waals surface area contributed by atoms with Crippen molar-refractivity contribution in [2.75, 3.05) is 5.75 Å². The molecular formula is C15H18N2O4S. The zero-order valence-corrected chi connectivity index (χ0v) is 13.1. The molecular weight excluding hydrogens is 304 g/mol. The van der Waals surface area contributed by atoms with Crippen molar-refractivity contribution in [3.8, 4) is 11.1 Å². The van der Waals surface area contributed by atoms with Crippen molar-refractivity contribution in [3.63, 3.8) is 0 Å². The summed E-state index contributed by atoms with van der Waals surface area (Å²) in [5, 5.41) is 13.5. The van der Waals surface area contributed by atoms with E-state index in [1.807, 2.05) is 36.5 Å². The Hall–Kier alpha value is -2.15. The Kier molecular flexibility index (Phi) is 4.97. The van der Waals surface area contributed by atoms with Gasteiger partial charge in [0.2, 0.25) is 0 Å². The third kappa shape index (κ3) is 3.94. The number of hydrogen-bond donors (Lipinski definition) is 2. The predicted molar refractivity (Wildman–Crippen MR) is 83.2 cm³/mol. The van der Waals surface area contributed by atoms with Crippen molar-refractivity contribution in [1.29, 1.82) is 0 Å². The molecule has 2 aromatic rings. The lowest BCUT2D eigenvalue weighted by Gasteiger charge is -2.21. The average molecular weight is 322 g/mol. The van der Waals surface area contributed by atoms with Crippen LogP contribution in [0.3, 0.4) is 0 Å². The number of rotatable bonds is 7. The average Bonchev–Trinajstić information content (AvgIpc) is 2.94. The van der Waals surface area contributed by atoms with Crippen LogP contribution in [0.15, 0.2) is 42.7 Å². The number of thiol groups is 1. The number of carbonyl (C=O) groups is 1. The van der Waals surface area contributed by atoms with Gasteiger partial charge in [-0.05, 0) is 18.9 Å². The highest BCUT2D eigenvalue weighted by Gasteiger charge is 2.34. The molecule has 0 amide bonds. The van der Waals surface area contributed by atoms with Gasteiger partial charge in [0.1, 0.15) is 10.7 Å². The topological polar surface area (TPSA) is 89.3 Å². The Bertz CT molecular complexity index is 716. The normalized spacial score (nSPS) is 13.9. The lowest BCUT2D eigenvalue weighted by Crippen LogP contribution is -2.33. The number of hydrogen-bond acceptors (Lipinski definition) is 4. The molecule has 1 atom stereocenters. The van der Waals surface area contributed by atoms with E-state index in [4.69, 9.17) is 0 Å². The van der Waals surface area contributed by atoms with E-state index in [0.717, 1.165) is 11.1 Å². The molecule has 7 heteroatoms. The molecule has 0 unspecified atom stereocenters. The van der Waals surface area contributed by atoms with E-state index < -0.39 is 22.1 Å². The van der Waals surface area contributed by atoms with E-state index >= 15 is 0 Å². The van der Waals surface area contributed by atoms with Crippen LogP contribution in [0, 0.1) is 5.41 Å². The number of aliphatic carboxylic acids is 1. The number of aromatic nitrogens is 2. The van der Waals surface area contributed by atoms with Crippen LogP contribution in [-0.4, -0.2) is 35.0 Å². The van der Waals surface area contributed by atoms with Crippen LogP contribution in [0.2, 0.25) is 0 Å². The first kappa shape index (κ1) is 16.2. The summed E-state index contributed by atoms with van der Waals surface area (Å²) in [7, 11) is -2.74. The Labute approximate surface area is 130 Å². The van der Waals surface area contributed by atoms with Gasteiger partial charge in [-0.3, -0.25) is 9.48 Å². The molecule has 0 spiro atoms. The zero-order chi connectivity index (χ0) is 16.2. The summed E-state index contributed by atoms with van der Waals surface area (Å²) in [6, 6.07) is 9.71. The SMILES string of the molecule is C[C@](CCn1cc(-c2ccccc2)cn1)(C[SH](=O)=O)C(=O)O.